The first-order chi connectivity index (χ1) is 16.9. The molecule has 4 aliphatic rings. The average molecular weight is 474 g/mol. The lowest BCUT2D eigenvalue weighted by Crippen LogP contribution is -2.62. The number of Topliss-reactive ketones (excluding diaryl/α,β-unsaturated/α-hetero) is 1. The van der Waals surface area contributed by atoms with Gasteiger partial charge in [-0.2, -0.15) is 0 Å². The van der Waals surface area contributed by atoms with Gasteiger partial charge in [0, 0.05) is 18.1 Å². The van der Waals surface area contributed by atoms with Crippen molar-refractivity contribution in [2.75, 3.05) is 0 Å². The molecule has 180 valence electrons. The smallest absolute Gasteiger partial charge is 0.412 e. The number of amides is 1. The highest BCUT2D eigenvalue weighted by atomic mass is 16.6. The molecule has 2 aromatic rings. The number of rotatable bonds is 4. The molecule has 2 aromatic carbocycles. The Labute approximate surface area is 203 Å². The van der Waals surface area contributed by atoms with Gasteiger partial charge in [-0.05, 0) is 19.8 Å². The Kier molecular flexibility index (Phi) is 4.90. The van der Waals surface area contributed by atoms with Crippen molar-refractivity contribution in [3.63, 3.8) is 0 Å². The first-order valence-corrected chi connectivity index (χ1v) is 12.1. The fourth-order valence-corrected chi connectivity index (χ4v) is 6.61. The Morgan fingerprint density at radius 3 is 2.26 bits per heavy atom. The topological polar surface area (TPSA) is 82.1 Å². The van der Waals surface area contributed by atoms with Gasteiger partial charge in [-0.25, -0.2) is 4.79 Å². The molecule has 6 rings (SSSR count). The summed E-state index contributed by atoms with van der Waals surface area (Å²) in [7, 11) is 0. The number of hydrogen-bond donors (Lipinski definition) is 0. The number of hydrogen-bond acceptors (Lipinski definition) is 6. The van der Waals surface area contributed by atoms with Gasteiger partial charge in [0.15, 0.2) is 11.4 Å². The van der Waals surface area contributed by atoms with Crippen LogP contribution >= 0.6 is 0 Å². The van der Waals surface area contributed by atoms with E-state index in [-0.39, 0.29) is 5.78 Å². The summed E-state index contributed by atoms with van der Waals surface area (Å²) in [6.45, 7) is 3.26. The number of carbonyl (C=O) groups excluding carboxylic acids is 3. The zero-order chi connectivity index (χ0) is 24.4. The fraction of sp³-hybridized carbons (Fsp3) is 0.393. The molecule has 3 fully saturated rings. The zero-order valence-electron chi connectivity index (χ0n) is 19.6. The van der Waals surface area contributed by atoms with Crippen molar-refractivity contribution in [3.8, 4) is 0 Å². The quantitative estimate of drug-likeness (QED) is 0.497. The van der Waals surface area contributed by atoms with Gasteiger partial charge < -0.3 is 14.2 Å². The van der Waals surface area contributed by atoms with Crippen LogP contribution in [0.25, 0.3) is 0 Å². The van der Waals surface area contributed by atoms with E-state index >= 15 is 0 Å². The number of cyclic esters (lactones) is 1. The third-order valence-corrected chi connectivity index (χ3v) is 8.04. The summed E-state index contributed by atoms with van der Waals surface area (Å²) in [6.07, 6.45) is 3.22. The van der Waals surface area contributed by atoms with Crippen LogP contribution in [-0.2, 0) is 29.4 Å². The zero-order valence-corrected chi connectivity index (χ0v) is 19.6. The van der Waals surface area contributed by atoms with Crippen molar-refractivity contribution >= 4 is 17.8 Å². The van der Waals surface area contributed by atoms with E-state index in [1.54, 1.807) is 0 Å². The highest BCUT2D eigenvalue weighted by Gasteiger charge is 2.66. The lowest BCUT2D eigenvalue weighted by molar-refractivity contribution is -0.171. The minimum absolute atomic E-state index is 0.143. The van der Waals surface area contributed by atoms with Crippen LogP contribution in [0.1, 0.15) is 37.8 Å². The Morgan fingerprint density at radius 1 is 1.03 bits per heavy atom. The molecule has 7 nitrogen and oxygen atoms in total. The SMILES string of the molecule is CC(=O)O[C@H]1CC[C@]23C=C[C@@H](O2)[C@@H](N2C(=O)OC(c4ccccc4)(c4ccccc4)[C@H]2C)C(=O)[C@H]13. The van der Waals surface area contributed by atoms with E-state index in [4.69, 9.17) is 14.2 Å². The number of esters is 1. The number of ether oxygens (including phenoxy) is 3. The van der Waals surface area contributed by atoms with Crippen molar-refractivity contribution in [3.05, 3.63) is 83.9 Å². The van der Waals surface area contributed by atoms with Gasteiger partial charge in [0.25, 0.3) is 0 Å². The molecule has 1 aliphatic carbocycles. The van der Waals surface area contributed by atoms with Crippen molar-refractivity contribution < 1.29 is 28.6 Å². The average Bonchev–Trinajstić information content (AvgIpc) is 3.49. The number of ketones is 1. The predicted molar refractivity (Wildman–Crippen MR) is 125 cm³/mol. The molecule has 0 unspecified atom stereocenters. The summed E-state index contributed by atoms with van der Waals surface area (Å²) in [4.78, 5) is 40.9. The molecule has 0 N–H and O–H groups in total. The van der Waals surface area contributed by atoms with E-state index in [1.165, 1.54) is 11.8 Å². The van der Waals surface area contributed by atoms with Crippen LogP contribution in [0.4, 0.5) is 4.79 Å². The van der Waals surface area contributed by atoms with Gasteiger partial charge in [0.2, 0.25) is 0 Å². The van der Waals surface area contributed by atoms with E-state index in [0.29, 0.717) is 12.8 Å². The first-order valence-electron chi connectivity index (χ1n) is 12.1. The van der Waals surface area contributed by atoms with Crippen LogP contribution in [0.3, 0.4) is 0 Å². The molecule has 1 spiro atoms. The summed E-state index contributed by atoms with van der Waals surface area (Å²) >= 11 is 0. The molecule has 6 atom stereocenters. The molecule has 1 saturated carbocycles. The second kappa shape index (κ2) is 7.78. The highest BCUT2D eigenvalue weighted by Crippen LogP contribution is 2.53. The Morgan fingerprint density at radius 2 is 1.66 bits per heavy atom. The van der Waals surface area contributed by atoms with Crippen LogP contribution in [-0.4, -0.2) is 52.6 Å². The summed E-state index contributed by atoms with van der Waals surface area (Å²) in [5.41, 5.74) is -0.217. The predicted octanol–water partition coefficient (Wildman–Crippen LogP) is 3.76. The monoisotopic (exact) mass is 473 g/mol. The summed E-state index contributed by atoms with van der Waals surface area (Å²) in [6, 6.07) is 17.8. The first kappa shape index (κ1) is 22.0. The molecular weight excluding hydrogens is 446 g/mol. The maximum atomic E-state index is 14.1. The summed E-state index contributed by atoms with van der Waals surface area (Å²) in [5.74, 6) is -1.23. The van der Waals surface area contributed by atoms with Crippen LogP contribution < -0.4 is 0 Å². The number of carbonyl (C=O) groups is 3. The van der Waals surface area contributed by atoms with E-state index in [2.05, 4.69) is 0 Å². The second-order valence-electron chi connectivity index (χ2n) is 9.83. The molecule has 7 heteroatoms. The van der Waals surface area contributed by atoms with Gasteiger partial charge >= 0.3 is 12.1 Å². The molecular formula is C28H27NO6. The van der Waals surface area contributed by atoms with Crippen molar-refractivity contribution in [1.82, 2.24) is 4.90 Å². The van der Waals surface area contributed by atoms with Crippen molar-refractivity contribution in [1.29, 1.82) is 0 Å². The minimum atomic E-state index is -1.10. The third-order valence-electron chi connectivity index (χ3n) is 8.04. The Balaban J connectivity index is 1.43. The van der Waals surface area contributed by atoms with Crippen LogP contribution in [0.5, 0.6) is 0 Å². The number of fused-ring (bicyclic) bond motifs is 1. The molecule has 0 aromatic heterocycles. The Hall–Kier alpha value is -3.45. The van der Waals surface area contributed by atoms with E-state index < -0.39 is 53.5 Å². The largest absolute Gasteiger partial charge is 0.462 e. The molecule has 1 amide bonds. The van der Waals surface area contributed by atoms with E-state index in [0.717, 1.165) is 11.1 Å². The highest BCUT2D eigenvalue weighted by molar-refractivity contribution is 5.94. The summed E-state index contributed by atoms with van der Waals surface area (Å²) < 4.78 is 18.2. The maximum absolute atomic E-state index is 14.1. The van der Waals surface area contributed by atoms with Gasteiger partial charge in [-0.3, -0.25) is 14.5 Å². The van der Waals surface area contributed by atoms with Crippen molar-refractivity contribution in [2.24, 2.45) is 5.92 Å². The number of benzene rings is 2. The molecule has 0 radical (unpaired) electrons. The maximum Gasteiger partial charge on any atom is 0.412 e. The van der Waals surface area contributed by atoms with E-state index in [1.807, 2.05) is 79.7 Å². The molecule has 2 bridgehead atoms. The van der Waals surface area contributed by atoms with Gasteiger partial charge in [-0.15, -0.1) is 0 Å². The van der Waals surface area contributed by atoms with Crippen LogP contribution in [0, 0.1) is 5.92 Å². The van der Waals surface area contributed by atoms with Crippen LogP contribution in [0.2, 0.25) is 0 Å². The second-order valence-corrected chi connectivity index (χ2v) is 9.83. The van der Waals surface area contributed by atoms with Crippen molar-refractivity contribution in [2.45, 2.75) is 62.2 Å². The lowest BCUT2D eigenvalue weighted by Gasteiger charge is -2.44. The standard InChI is InChI=1S/C28H27NO6/c1-17-28(19-9-5-3-6-10-19,20-11-7-4-8-12-20)35-26(32)29(17)24-22-14-16-27(34-22)15-13-21(33-18(2)30)23(27)25(24)31/h3-12,14,16-17,21-24H,13,15H2,1-2H3/t17-,21+,22-,23+,24-,27-/m1/s1. The molecule has 3 heterocycles. The van der Waals surface area contributed by atoms with Gasteiger partial charge in [-0.1, -0.05) is 72.8 Å². The number of nitrogens with zero attached hydrogens (tertiary/aromatic N) is 1. The summed E-state index contributed by atoms with van der Waals surface area (Å²) in [5, 5.41) is 0. The van der Waals surface area contributed by atoms with Gasteiger partial charge in [0.05, 0.1) is 12.0 Å². The molecule has 2 saturated heterocycles. The molecule has 3 aliphatic heterocycles. The lowest BCUT2D eigenvalue weighted by atomic mass is 9.78. The molecule has 35 heavy (non-hydrogen) atoms. The van der Waals surface area contributed by atoms with E-state index in [9.17, 15) is 14.4 Å². The third kappa shape index (κ3) is 3.04. The van der Waals surface area contributed by atoms with Crippen LogP contribution in [0.15, 0.2) is 72.8 Å². The Bertz CT molecular complexity index is 1170. The fourth-order valence-electron chi connectivity index (χ4n) is 6.61. The van der Waals surface area contributed by atoms with Gasteiger partial charge in [0.1, 0.15) is 23.9 Å². The normalized spacial score (nSPS) is 34.6. The minimum Gasteiger partial charge on any atom is -0.462 e.